The van der Waals surface area contributed by atoms with Crippen molar-refractivity contribution in [3.63, 3.8) is 0 Å². The largest absolute Gasteiger partial charge is 0.368 e. The SMILES string of the molecule is CCCCO[C@@H]1OC[C@@H](OCc2ccccc2)C(OCc2ccccc2)C1OCc1ccccc1. The van der Waals surface area contributed by atoms with Gasteiger partial charge in [-0.1, -0.05) is 104 Å². The number of rotatable bonds is 13. The lowest BCUT2D eigenvalue weighted by molar-refractivity contribution is -0.299. The zero-order valence-corrected chi connectivity index (χ0v) is 20.5. The van der Waals surface area contributed by atoms with Gasteiger partial charge in [-0.15, -0.1) is 0 Å². The first-order valence-electron chi connectivity index (χ1n) is 12.5. The number of hydrogen-bond acceptors (Lipinski definition) is 5. The Hall–Kier alpha value is -2.54. The summed E-state index contributed by atoms with van der Waals surface area (Å²) in [6.07, 6.45) is 0.454. The molecule has 0 saturated carbocycles. The summed E-state index contributed by atoms with van der Waals surface area (Å²) in [6, 6.07) is 30.5. The van der Waals surface area contributed by atoms with Crippen LogP contribution in [0.1, 0.15) is 36.5 Å². The van der Waals surface area contributed by atoms with Crippen molar-refractivity contribution in [2.75, 3.05) is 13.2 Å². The van der Waals surface area contributed by atoms with Crippen LogP contribution >= 0.6 is 0 Å². The van der Waals surface area contributed by atoms with Crippen LogP contribution in [-0.2, 0) is 43.5 Å². The third-order valence-electron chi connectivity index (χ3n) is 6.04. The van der Waals surface area contributed by atoms with Gasteiger partial charge < -0.3 is 23.7 Å². The fourth-order valence-corrected chi connectivity index (χ4v) is 4.06. The van der Waals surface area contributed by atoms with E-state index in [1.54, 1.807) is 0 Å². The maximum Gasteiger partial charge on any atom is 0.186 e. The molecule has 1 aliphatic rings. The molecule has 35 heavy (non-hydrogen) atoms. The summed E-state index contributed by atoms with van der Waals surface area (Å²) in [5, 5.41) is 0. The van der Waals surface area contributed by atoms with Gasteiger partial charge in [-0.2, -0.15) is 0 Å². The molecule has 4 atom stereocenters. The minimum atomic E-state index is -0.511. The van der Waals surface area contributed by atoms with Gasteiger partial charge >= 0.3 is 0 Å². The maximum atomic E-state index is 6.50. The van der Waals surface area contributed by atoms with Gasteiger partial charge in [0.15, 0.2) is 6.29 Å². The Balaban J connectivity index is 1.51. The Morgan fingerprint density at radius 2 is 1.11 bits per heavy atom. The number of benzene rings is 3. The molecule has 0 N–H and O–H groups in total. The fourth-order valence-electron chi connectivity index (χ4n) is 4.06. The molecule has 2 unspecified atom stereocenters. The Kier molecular flexibility index (Phi) is 10.3. The molecule has 5 nitrogen and oxygen atoms in total. The van der Waals surface area contributed by atoms with Crippen molar-refractivity contribution in [1.29, 1.82) is 0 Å². The first-order valence-corrected chi connectivity index (χ1v) is 12.5. The molecule has 1 aliphatic heterocycles. The van der Waals surface area contributed by atoms with Gasteiger partial charge in [-0.05, 0) is 23.1 Å². The minimum Gasteiger partial charge on any atom is -0.368 e. The lowest BCUT2D eigenvalue weighted by Gasteiger charge is -2.42. The van der Waals surface area contributed by atoms with E-state index in [2.05, 4.69) is 43.3 Å². The molecular weight excluding hydrogens is 440 g/mol. The summed E-state index contributed by atoms with van der Waals surface area (Å²) >= 11 is 0. The molecule has 1 heterocycles. The van der Waals surface area contributed by atoms with Crippen molar-refractivity contribution in [1.82, 2.24) is 0 Å². The van der Waals surface area contributed by atoms with Gasteiger partial charge in [0, 0.05) is 6.61 Å². The molecule has 0 amide bonds. The van der Waals surface area contributed by atoms with E-state index in [-0.39, 0.29) is 12.2 Å². The van der Waals surface area contributed by atoms with E-state index in [0.717, 1.165) is 29.5 Å². The number of ether oxygens (including phenoxy) is 5. The number of unbranched alkanes of at least 4 members (excludes halogenated alkanes) is 1. The minimum absolute atomic E-state index is 0.286. The molecule has 5 heteroatoms. The molecule has 0 aliphatic carbocycles. The molecule has 4 rings (SSSR count). The molecule has 186 valence electrons. The topological polar surface area (TPSA) is 46.2 Å². The van der Waals surface area contributed by atoms with Crippen LogP contribution in [0.15, 0.2) is 91.0 Å². The van der Waals surface area contributed by atoms with Gasteiger partial charge in [0.25, 0.3) is 0 Å². The third-order valence-corrected chi connectivity index (χ3v) is 6.04. The smallest absolute Gasteiger partial charge is 0.186 e. The Morgan fingerprint density at radius 3 is 1.63 bits per heavy atom. The van der Waals surface area contributed by atoms with Gasteiger partial charge in [0.1, 0.15) is 18.3 Å². The molecule has 0 aromatic heterocycles. The van der Waals surface area contributed by atoms with Crippen LogP contribution in [0.3, 0.4) is 0 Å². The van der Waals surface area contributed by atoms with Crippen LogP contribution < -0.4 is 0 Å². The van der Waals surface area contributed by atoms with Gasteiger partial charge in [0.2, 0.25) is 0 Å². The molecule has 0 radical (unpaired) electrons. The van der Waals surface area contributed by atoms with Crippen molar-refractivity contribution in [3.8, 4) is 0 Å². The van der Waals surface area contributed by atoms with Crippen molar-refractivity contribution in [2.24, 2.45) is 0 Å². The quantitative estimate of drug-likeness (QED) is 0.287. The predicted octanol–water partition coefficient (Wildman–Crippen LogP) is 5.92. The van der Waals surface area contributed by atoms with E-state index in [0.29, 0.717) is 33.0 Å². The van der Waals surface area contributed by atoms with E-state index in [4.69, 9.17) is 23.7 Å². The summed E-state index contributed by atoms with van der Waals surface area (Å²) in [4.78, 5) is 0. The van der Waals surface area contributed by atoms with Crippen LogP contribution in [-0.4, -0.2) is 37.8 Å². The van der Waals surface area contributed by atoms with Crippen molar-refractivity contribution in [3.05, 3.63) is 108 Å². The summed E-state index contributed by atoms with van der Waals surface area (Å²) < 4.78 is 31.6. The van der Waals surface area contributed by atoms with Crippen LogP contribution in [0.4, 0.5) is 0 Å². The lowest BCUT2D eigenvalue weighted by atomic mass is 10.0. The molecule has 0 bridgehead atoms. The highest BCUT2D eigenvalue weighted by Gasteiger charge is 2.43. The van der Waals surface area contributed by atoms with E-state index in [1.165, 1.54) is 0 Å². The first-order chi connectivity index (χ1) is 17.3. The maximum absolute atomic E-state index is 6.50. The van der Waals surface area contributed by atoms with Crippen LogP contribution in [0.25, 0.3) is 0 Å². The zero-order chi connectivity index (χ0) is 24.1. The highest BCUT2D eigenvalue weighted by atomic mass is 16.7. The average Bonchev–Trinajstić information content (AvgIpc) is 2.92. The normalized spacial score (nSPS) is 22.2. The molecular formula is C30H36O5. The number of hydrogen-bond donors (Lipinski definition) is 0. The molecule has 1 saturated heterocycles. The Labute approximate surface area is 208 Å². The van der Waals surface area contributed by atoms with Crippen LogP contribution in [0.2, 0.25) is 0 Å². The summed E-state index contributed by atoms with van der Waals surface area (Å²) in [5.41, 5.74) is 3.30. The summed E-state index contributed by atoms with van der Waals surface area (Å²) in [6.45, 7) is 4.53. The molecule has 1 fully saturated rings. The molecule has 0 spiro atoms. The molecule has 3 aromatic carbocycles. The third kappa shape index (κ3) is 7.99. The summed E-state index contributed by atoms with van der Waals surface area (Å²) in [5.74, 6) is 0. The molecule has 3 aromatic rings. The fraction of sp³-hybridized carbons (Fsp3) is 0.400. The van der Waals surface area contributed by atoms with Crippen LogP contribution in [0, 0.1) is 0 Å². The van der Waals surface area contributed by atoms with Gasteiger partial charge in [0.05, 0.1) is 26.4 Å². The van der Waals surface area contributed by atoms with E-state index < -0.39 is 12.4 Å². The van der Waals surface area contributed by atoms with Crippen LogP contribution in [0.5, 0.6) is 0 Å². The Bertz CT molecular complexity index is 950. The van der Waals surface area contributed by atoms with Gasteiger partial charge in [-0.25, -0.2) is 0 Å². The van der Waals surface area contributed by atoms with Crippen molar-refractivity contribution in [2.45, 2.75) is 64.2 Å². The second kappa shape index (κ2) is 14.1. The standard InChI is InChI=1S/C30H36O5/c1-2-3-19-31-30-29(34-22-26-17-11-6-12-18-26)28(33-21-25-15-9-5-10-16-25)27(23-35-30)32-20-24-13-7-4-8-14-24/h4-18,27-30H,2-3,19-23H2,1H3/t27-,28?,29?,30-/m1/s1. The predicted molar refractivity (Wildman–Crippen MR) is 136 cm³/mol. The first kappa shape index (κ1) is 25.5. The summed E-state index contributed by atoms with van der Waals surface area (Å²) in [7, 11) is 0. The lowest BCUT2D eigenvalue weighted by Crippen LogP contribution is -2.56. The van der Waals surface area contributed by atoms with Crippen molar-refractivity contribution >= 4 is 0 Å². The monoisotopic (exact) mass is 476 g/mol. The van der Waals surface area contributed by atoms with Crippen molar-refractivity contribution < 1.29 is 23.7 Å². The second-order valence-electron chi connectivity index (χ2n) is 8.78. The Morgan fingerprint density at radius 1 is 0.629 bits per heavy atom. The average molecular weight is 477 g/mol. The zero-order valence-electron chi connectivity index (χ0n) is 20.5. The van der Waals surface area contributed by atoms with Gasteiger partial charge in [-0.3, -0.25) is 0 Å². The highest BCUT2D eigenvalue weighted by Crippen LogP contribution is 2.27. The highest BCUT2D eigenvalue weighted by molar-refractivity contribution is 5.15. The van der Waals surface area contributed by atoms with E-state index in [1.807, 2.05) is 54.6 Å². The van der Waals surface area contributed by atoms with E-state index in [9.17, 15) is 0 Å². The van der Waals surface area contributed by atoms with E-state index >= 15 is 0 Å². The second-order valence-corrected chi connectivity index (χ2v) is 8.78.